The minimum atomic E-state index is -0.0258. The van der Waals surface area contributed by atoms with Gasteiger partial charge in [-0.15, -0.1) is 0 Å². The zero-order valence-corrected chi connectivity index (χ0v) is 7.49. The number of amides is 1. The van der Waals surface area contributed by atoms with Crippen molar-refractivity contribution in [3.8, 4) is 6.07 Å². The fraction of sp³-hybridized carbons (Fsp3) is 0.750. The lowest BCUT2D eigenvalue weighted by molar-refractivity contribution is -0.123. The number of nitrogens with two attached hydrogens (primary N) is 1. The summed E-state index contributed by atoms with van der Waals surface area (Å²) >= 11 is 0. The molecular weight excluding hydrogens is 168 g/mol. The van der Waals surface area contributed by atoms with Crippen molar-refractivity contribution < 1.29 is 4.79 Å². The largest absolute Gasteiger partial charge is 0.354 e. The van der Waals surface area contributed by atoms with Gasteiger partial charge in [0.05, 0.1) is 19.0 Å². The number of hydrogen-bond acceptors (Lipinski definition) is 4. The summed E-state index contributed by atoms with van der Waals surface area (Å²) in [5.41, 5.74) is 5.55. The zero-order chi connectivity index (χ0) is 9.68. The highest BCUT2D eigenvalue weighted by Gasteiger charge is 2.24. The average Bonchev–Trinajstić information content (AvgIpc) is 2.02. The first-order valence-corrected chi connectivity index (χ1v) is 4.34. The number of hydrogen-bond donors (Lipinski definition) is 2. The predicted molar refractivity (Wildman–Crippen MR) is 47.7 cm³/mol. The first-order valence-electron chi connectivity index (χ1n) is 4.34. The second-order valence-electron chi connectivity index (χ2n) is 3.21. The third kappa shape index (κ3) is 3.40. The van der Waals surface area contributed by atoms with E-state index in [0.717, 1.165) is 13.1 Å². The van der Waals surface area contributed by atoms with Crippen LogP contribution in [0.1, 0.15) is 6.42 Å². The van der Waals surface area contributed by atoms with Gasteiger partial charge in [-0.05, 0) is 0 Å². The summed E-state index contributed by atoms with van der Waals surface area (Å²) < 4.78 is 0. The number of carbonyl (C=O) groups excluding carboxylic acids is 1. The number of nitrogens with zero attached hydrogens (tertiary/aromatic N) is 2. The van der Waals surface area contributed by atoms with E-state index < -0.39 is 0 Å². The van der Waals surface area contributed by atoms with Gasteiger partial charge in [-0.25, -0.2) is 0 Å². The van der Waals surface area contributed by atoms with Crippen molar-refractivity contribution in [2.75, 3.05) is 26.2 Å². The molecule has 3 N–H and O–H groups in total. The lowest BCUT2D eigenvalue weighted by Crippen LogP contribution is -2.57. The third-order valence-corrected chi connectivity index (χ3v) is 1.91. The summed E-state index contributed by atoms with van der Waals surface area (Å²) in [5.74, 6) is -0.0258. The van der Waals surface area contributed by atoms with Crippen molar-refractivity contribution in [2.45, 2.75) is 12.5 Å². The molecule has 5 nitrogen and oxygen atoms in total. The van der Waals surface area contributed by atoms with Gasteiger partial charge in [0.1, 0.15) is 0 Å². The van der Waals surface area contributed by atoms with Crippen LogP contribution in [-0.4, -0.2) is 43.0 Å². The van der Waals surface area contributed by atoms with Crippen LogP contribution >= 0.6 is 0 Å². The fourth-order valence-electron chi connectivity index (χ4n) is 1.26. The summed E-state index contributed by atoms with van der Waals surface area (Å²) in [6.07, 6.45) is 0.366. The van der Waals surface area contributed by atoms with Crippen LogP contribution in [0.5, 0.6) is 0 Å². The molecule has 1 saturated heterocycles. The molecule has 0 aromatic rings. The maximum absolute atomic E-state index is 11.1. The van der Waals surface area contributed by atoms with E-state index in [1.807, 2.05) is 11.0 Å². The molecule has 0 radical (unpaired) electrons. The van der Waals surface area contributed by atoms with Crippen LogP contribution < -0.4 is 11.1 Å². The van der Waals surface area contributed by atoms with Gasteiger partial charge in [0.2, 0.25) is 5.91 Å². The first-order chi connectivity index (χ1) is 6.22. The van der Waals surface area contributed by atoms with Gasteiger partial charge in [-0.1, -0.05) is 0 Å². The van der Waals surface area contributed by atoms with Gasteiger partial charge < -0.3 is 11.1 Å². The number of likely N-dealkylation sites (tertiary alicyclic amines) is 1. The maximum Gasteiger partial charge on any atom is 0.234 e. The van der Waals surface area contributed by atoms with Gasteiger partial charge >= 0.3 is 0 Å². The third-order valence-electron chi connectivity index (χ3n) is 1.91. The normalized spacial score (nSPS) is 17.5. The summed E-state index contributed by atoms with van der Waals surface area (Å²) in [6.45, 7) is 2.44. The van der Waals surface area contributed by atoms with E-state index in [1.165, 1.54) is 0 Å². The Bertz CT molecular complexity index is 217. The Morgan fingerprint density at radius 2 is 2.38 bits per heavy atom. The quantitative estimate of drug-likeness (QED) is 0.527. The minimum absolute atomic E-state index is 0.0258. The molecule has 0 spiro atoms. The van der Waals surface area contributed by atoms with E-state index >= 15 is 0 Å². The van der Waals surface area contributed by atoms with Crippen LogP contribution in [0, 0.1) is 11.3 Å². The standard InChI is InChI=1S/C8H14N4O/c9-2-1-3-11-8(13)6-12-4-7(10)5-12/h7H,1,3-6,10H2,(H,11,13). The lowest BCUT2D eigenvalue weighted by atomic mass is 10.1. The van der Waals surface area contributed by atoms with E-state index in [9.17, 15) is 4.79 Å². The summed E-state index contributed by atoms with van der Waals surface area (Å²) in [6, 6.07) is 2.19. The molecule has 5 heteroatoms. The van der Waals surface area contributed by atoms with Crippen molar-refractivity contribution in [1.82, 2.24) is 10.2 Å². The topological polar surface area (TPSA) is 82.2 Å². The second-order valence-corrected chi connectivity index (χ2v) is 3.21. The summed E-state index contributed by atoms with van der Waals surface area (Å²) in [7, 11) is 0. The molecular formula is C8H14N4O. The number of nitriles is 1. The Labute approximate surface area is 77.5 Å². The number of rotatable bonds is 4. The van der Waals surface area contributed by atoms with Crippen LogP contribution in [0.15, 0.2) is 0 Å². The molecule has 0 unspecified atom stereocenters. The highest BCUT2D eigenvalue weighted by atomic mass is 16.2. The molecule has 0 aromatic heterocycles. The molecule has 0 aromatic carbocycles. The molecule has 1 amide bonds. The number of carbonyl (C=O) groups is 1. The van der Waals surface area contributed by atoms with E-state index in [0.29, 0.717) is 19.5 Å². The Morgan fingerprint density at radius 1 is 1.69 bits per heavy atom. The highest BCUT2D eigenvalue weighted by Crippen LogP contribution is 2.02. The van der Waals surface area contributed by atoms with Gasteiger partial charge in [0.25, 0.3) is 0 Å². The molecule has 1 heterocycles. The first kappa shape index (κ1) is 9.96. The molecule has 72 valence electrons. The van der Waals surface area contributed by atoms with E-state index in [2.05, 4.69) is 5.32 Å². The molecule has 0 bridgehead atoms. The Hall–Kier alpha value is -1.12. The Balaban J connectivity index is 2.02. The van der Waals surface area contributed by atoms with E-state index in [1.54, 1.807) is 0 Å². The molecule has 13 heavy (non-hydrogen) atoms. The lowest BCUT2D eigenvalue weighted by Gasteiger charge is -2.36. The zero-order valence-electron chi connectivity index (χ0n) is 7.49. The number of nitrogens with one attached hydrogen (secondary N) is 1. The monoisotopic (exact) mass is 182 g/mol. The Morgan fingerprint density at radius 3 is 2.92 bits per heavy atom. The second kappa shape index (κ2) is 4.80. The summed E-state index contributed by atoms with van der Waals surface area (Å²) in [5, 5.41) is 10.9. The maximum atomic E-state index is 11.1. The molecule has 1 aliphatic heterocycles. The van der Waals surface area contributed by atoms with Crippen LogP contribution in [0.3, 0.4) is 0 Å². The smallest absolute Gasteiger partial charge is 0.234 e. The van der Waals surface area contributed by atoms with Gasteiger partial charge in [0, 0.05) is 25.7 Å². The van der Waals surface area contributed by atoms with Crippen LogP contribution in [-0.2, 0) is 4.79 Å². The van der Waals surface area contributed by atoms with Crippen molar-refractivity contribution >= 4 is 5.91 Å². The van der Waals surface area contributed by atoms with Crippen molar-refractivity contribution in [1.29, 1.82) is 5.26 Å². The molecule has 0 saturated carbocycles. The van der Waals surface area contributed by atoms with E-state index in [4.69, 9.17) is 11.0 Å². The minimum Gasteiger partial charge on any atom is -0.354 e. The predicted octanol–water partition coefficient (Wildman–Crippen LogP) is -1.34. The van der Waals surface area contributed by atoms with Crippen molar-refractivity contribution in [3.05, 3.63) is 0 Å². The molecule has 1 aliphatic rings. The average molecular weight is 182 g/mol. The summed E-state index contributed by atoms with van der Waals surface area (Å²) in [4.78, 5) is 13.1. The SMILES string of the molecule is N#CCCNC(=O)CN1CC(N)C1. The van der Waals surface area contributed by atoms with Crippen LogP contribution in [0.2, 0.25) is 0 Å². The Kier molecular flexibility index (Phi) is 3.68. The molecule has 1 fully saturated rings. The van der Waals surface area contributed by atoms with Gasteiger partial charge in [0.15, 0.2) is 0 Å². The highest BCUT2D eigenvalue weighted by molar-refractivity contribution is 5.78. The van der Waals surface area contributed by atoms with Crippen molar-refractivity contribution in [2.24, 2.45) is 5.73 Å². The molecule has 0 atom stereocenters. The fourth-order valence-corrected chi connectivity index (χ4v) is 1.26. The van der Waals surface area contributed by atoms with E-state index in [-0.39, 0.29) is 11.9 Å². The van der Waals surface area contributed by atoms with Crippen LogP contribution in [0.25, 0.3) is 0 Å². The molecule has 0 aliphatic carbocycles. The molecule has 1 rings (SSSR count). The van der Waals surface area contributed by atoms with Crippen LogP contribution in [0.4, 0.5) is 0 Å². The van der Waals surface area contributed by atoms with Gasteiger partial charge in [-0.3, -0.25) is 9.69 Å². The van der Waals surface area contributed by atoms with Gasteiger partial charge in [-0.2, -0.15) is 5.26 Å². The van der Waals surface area contributed by atoms with Crippen molar-refractivity contribution in [3.63, 3.8) is 0 Å².